The van der Waals surface area contributed by atoms with Crippen molar-refractivity contribution in [2.45, 2.75) is 44.6 Å². The molecule has 0 spiro atoms. The summed E-state index contributed by atoms with van der Waals surface area (Å²) in [7, 11) is 3.50. The number of aromatic nitrogens is 3. The highest BCUT2D eigenvalue weighted by molar-refractivity contribution is 6.17. The monoisotopic (exact) mass is 576 g/mol. The highest BCUT2D eigenvalue weighted by Crippen LogP contribution is 2.47. The molecule has 2 aliphatic carbocycles. The molecule has 0 aliphatic heterocycles. The number of hydrogen-bond donors (Lipinski definition) is 3. The molecule has 3 N–H and O–H groups in total. The lowest BCUT2D eigenvalue weighted by molar-refractivity contribution is -0.131. The van der Waals surface area contributed by atoms with Crippen LogP contribution in [0.25, 0.3) is 11.0 Å². The van der Waals surface area contributed by atoms with Crippen LogP contribution in [0.2, 0.25) is 0 Å². The quantitative estimate of drug-likeness (QED) is 0.244. The van der Waals surface area contributed by atoms with Crippen LogP contribution in [0.1, 0.15) is 60.6 Å². The minimum Gasteiger partial charge on any atom is -0.343 e. The Hall–Kier alpha value is -5.24. The van der Waals surface area contributed by atoms with Gasteiger partial charge in [0.2, 0.25) is 17.8 Å². The molecule has 2 heterocycles. The zero-order valence-electron chi connectivity index (χ0n) is 24.1. The summed E-state index contributed by atoms with van der Waals surface area (Å²) in [6.45, 7) is 0. The minimum atomic E-state index is -1.12. The van der Waals surface area contributed by atoms with Crippen LogP contribution in [-0.4, -0.2) is 51.3 Å². The van der Waals surface area contributed by atoms with Gasteiger partial charge < -0.3 is 25.4 Å². The van der Waals surface area contributed by atoms with E-state index in [1.807, 2.05) is 12.1 Å². The summed E-state index contributed by atoms with van der Waals surface area (Å²) in [6, 6.07) is 17.8. The molecule has 2 fully saturated rings. The summed E-state index contributed by atoms with van der Waals surface area (Å²) in [5, 5.41) is 18.7. The predicted molar refractivity (Wildman–Crippen MR) is 163 cm³/mol. The fourth-order valence-electron chi connectivity index (χ4n) is 5.57. The molecule has 2 saturated carbocycles. The number of nitriles is 1. The lowest BCUT2D eigenvalue weighted by Crippen LogP contribution is -2.35. The fourth-order valence-corrected chi connectivity index (χ4v) is 5.57. The van der Waals surface area contributed by atoms with E-state index in [1.165, 1.54) is 0 Å². The first-order valence-corrected chi connectivity index (χ1v) is 14.4. The lowest BCUT2D eigenvalue weighted by atomic mass is 10.0. The second kappa shape index (κ2) is 11.2. The van der Waals surface area contributed by atoms with Crippen LogP contribution in [0, 0.1) is 16.7 Å². The highest BCUT2D eigenvalue weighted by atomic mass is 16.2. The van der Waals surface area contributed by atoms with Crippen LogP contribution >= 0.6 is 0 Å². The van der Waals surface area contributed by atoms with Gasteiger partial charge in [0, 0.05) is 48.8 Å². The molecule has 43 heavy (non-hydrogen) atoms. The van der Waals surface area contributed by atoms with Crippen LogP contribution in [0.15, 0.2) is 60.8 Å². The van der Waals surface area contributed by atoms with Gasteiger partial charge in [-0.05, 0) is 80.3 Å². The highest BCUT2D eigenvalue weighted by Gasteiger charge is 2.56. The number of nitrogens with one attached hydrogen (secondary N) is 3. The van der Waals surface area contributed by atoms with Gasteiger partial charge in [-0.3, -0.25) is 14.4 Å². The first-order chi connectivity index (χ1) is 20.8. The van der Waals surface area contributed by atoms with Gasteiger partial charge in [0.15, 0.2) is 0 Å². The van der Waals surface area contributed by atoms with Gasteiger partial charge in [-0.1, -0.05) is 12.8 Å². The van der Waals surface area contributed by atoms with Gasteiger partial charge in [0.1, 0.15) is 16.8 Å². The number of nitrogens with zero attached hydrogens (tertiary/aromatic N) is 5. The third-order valence-electron chi connectivity index (χ3n) is 8.18. The van der Waals surface area contributed by atoms with E-state index < -0.39 is 5.41 Å². The number of benzene rings is 2. The molecule has 0 saturated heterocycles. The van der Waals surface area contributed by atoms with E-state index in [1.54, 1.807) is 73.7 Å². The van der Waals surface area contributed by atoms with E-state index in [4.69, 9.17) is 10.2 Å². The molecule has 0 bridgehead atoms. The van der Waals surface area contributed by atoms with Gasteiger partial charge in [0.25, 0.3) is 5.91 Å². The number of amides is 3. The molecular weight excluding hydrogens is 544 g/mol. The largest absolute Gasteiger partial charge is 0.343 e. The maximum atomic E-state index is 13.1. The molecule has 2 aromatic heterocycles. The van der Waals surface area contributed by atoms with E-state index in [0.29, 0.717) is 41.4 Å². The Morgan fingerprint density at radius 3 is 2.07 bits per heavy atom. The van der Waals surface area contributed by atoms with Crippen molar-refractivity contribution in [2.24, 2.45) is 5.41 Å². The Morgan fingerprint density at radius 1 is 0.930 bits per heavy atom. The molecule has 3 amide bonds. The maximum absolute atomic E-state index is 13.1. The van der Waals surface area contributed by atoms with Crippen molar-refractivity contribution in [3.63, 3.8) is 0 Å². The summed E-state index contributed by atoms with van der Waals surface area (Å²) in [6.07, 6.45) is 6.93. The zero-order chi connectivity index (χ0) is 30.1. The summed E-state index contributed by atoms with van der Waals surface area (Å²) in [5.74, 6) is -0.374. The molecule has 0 unspecified atom stereocenters. The Morgan fingerprint density at radius 2 is 1.51 bits per heavy atom. The molecule has 4 aromatic rings. The first kappa shape index (κ1) is 27.9. The Bertz CT molecular complexity index is 1740. The standard InChI is InChI=1S/C32H32N8O3/c1-39(2)28(41)26-17-21-19-34-31(38-27(21)40(26)25-5-3-4-6-25)37-24-13-11-23(12-14-24)36-30(43)32(15-16-32)29(42)35-22-9-7-20(18-33)8-10-22/h7-14,17,19,25H,3-6,15-16H2,1-2H3,(H,35,42)(H,36,43)(H,34,37,38). The predicted octanol–water partition coefficient (Wildman–Crippen LogP) is 5.22. The molecule has 0 atom stereocenters. The molecule has 0 radical (unpaired) electrons. The SMILES string of the molecule is CN(C)C(=O)c1cc2cnc(Nc3ccc(NC(=O)C4(C(=O)Nc5ccc(C#N)cc5)CC4)cc3)nc2n1C1CCCC1. The number of rotatable bonds is 8. The van der Waals surface area contributed by atoms with E-state index in [2.05, 4.69) is 25.5 Å². The third-order valence-corrected chi connectivity index (χ3v) is 8.18. The Balaban J connectivity index is 1.14. The molecule has 11 nitrogen and oxygen atoms in total. The van der Waals surface area contributed by atoms with Crippen molar-refractivity contribution in [1.82, 2.24) is 19.4 Å². The second-order valence-electron chi connectivity index (χ2n) is 11.4. The van der Waals surface area contributed by atoms with Crippen molar-refractivity contribution in [3.8, 4) is 6.07 Å². The lowest BCUT2D eigenvalue weighted by Gasteiger charge is -2.19. The number of fused-ring (bicyclic) bond motifs is 1. The van der Waals surface area contributed by atoms with Crippen molar-refractivity contribution >= 4 is 51.8 Å². The third kappa shape index (κ3) is 5.51. The van der Waals surface area contributed by atoms with Crippen LogP contribution < -0.4 is 16.0 Å². The van der Waals surface area contributed by atoms with Gasteiger partial charge >= 0.3 is 0 Å². The van der Waals surface area contributed by atoms with E-state index in [9.17, 15) is 14.4 Å². The van der Waals surface area contributed by atoms with Crippen LogP contribution in [0.4, 0.5) is 23.0 Å². The molecule has 11 heteroatoms. The number of anilines is 4. The Labute approximate surface area is 248 Å². The number of carbonyl (C=O) groups is 3. The smallest absolute Gasteiger partial charge is 0.270 e. The summed E-state index contributed by atoms with van der Waals surface area (Å²) < 4.78 is 2.07. The molecule has 2 aromatic carbocycles. The van der Waals surface area contributed by atoms with E-state index in [-0.39, 0.29) is 23.8 Å². The fraction of sp³-hybridized carbons (Fsp3) is 0.312. The average molecular weight is 577 g/mol. The molecular formula is C32H32N8O3. The zero-order valence-corrected chi connectivity index (χ0v) is 24.1. The topological polar surface area (TPSA) is 145 Å². The van der Waals surface area contributed by atoms with Crippen molar-refractivity contribution in [3.05, 3.63) is 72.1 Å². The minimum absolute atomic E-state index is 0.0586. The van der Waals surface area contributed by atoms with Gasteiger partial charge in [0.05, 0.1) is 11.6 Å². The van der Waals surface area contributed by atoms with Crippen LogP contribution in [-0.2, 0) is 9.59 Å². The van der Waals surface area contributed by atoms with Crippen molar-refractivity contribution in [1.29, 1.82) is 5.26 Å². The first-order valence-electron chi connectivity index (χ1n) is 14.4. The normalized spacial score (nSPS) is 15.5. The average Bonchev–Trinajstić information content (AvgIpc) is 3.50. The second-order valence-corrected chi connectivity index (χ2v) is 11.4. The van der Waals surface area contributed by atoms with Crippen molar-refractivity contribution < 1.29 is 14.4 Å². The van der Waals surface area contributed by atoms with Crippen LogP contribution in [0.3, 0.4) is 0 Å². The van der Waals surface area contributed by atoms with E-state index in [0.717, 1.165) is 42.4 Å². The van der Waals surface area contributed by atoms with Crippen molar-refractivity contribution in [2.75, 3.05) is 30.0 Å². The summed E-state index contributed by atoms with van der Waals surface area (Å²) in [5.41, 5.74) is 2.55. The van der Waals surface area contributed by atoms with Gasteiger partial charge in [-0.2, -0.15) is 10.2 Å². The maximum Gasteiger partial charge on any atom is 0.270 e. The molecule has 2 aliphatic rings. The van der Waals surface area contributed by atoms with Crippen LogP contribution in [0.5, 0.6) is 0 Å². The summed E-state index contributed by atoms with van der Waals surface area (Å²) >= 11 is 0. The van der Waals surface area contributed by atoms with E-state index >= 15 is 0 Å². The number of carbonyl (C=O) groups excluding carboxylic acids is 3. The van der Waals surface area contributed by atoms with Gasteiger partial charge in [-0.15, -0.1) is 0 Å². The molecule has 6 rings (SSSR count). The molecule has 218 valence electrons. The van der Waals surface area contributed by atoms with Gasteiger partial charge in [-0.25, -0.2) is 4.98 Å². The number of hydrogen-bond acceptors (Lipinski definition) is 7. The summed E-state index contributed by atoms with van der Waals surface area (Å²) in [4.78, 5) is 49.8. The Kier molecular flexibility index (Phi) is 7.27.